The zero-order valence-corrected chi connectivity index (χ0v) is 10.4. The SMILES string of the molecule is C=CC(C)(CCCC(C)(C)OC)OCO. The van der Waals surface area contributed by atoms with E-state index in [1.165, 1.54) is 0 Å². The smallest absolute Gasteiger partial charge is 0.144 e. The number of rotatable bonds is 8. The van der Waals surface area contributed by atoms with Crippen molar-refractivity contribution in [3.63, 3.8) is 0 Å². The summed E-state index contributed by atoms with van der Waals surface area (Å²) in [5.74, 6) is 0. The first-order valence-corrected chi connectivity index (χ1v) is 5.33. The molecular formula is C12H24O3. The fourth-order valence-corrected chi connectivity index (χ4v) is 1.35. The van der Waals surface area contributed by atoms with Crippen LogP contribution in [0.2, 0.25) is 0 Å². The molecule has 0 rings (SSSR count). The first-order valence-electron chi connectivity index (χ1n) is 5.33. The fourth-order valence-electron chi connectivity index (χ4n) is 1.35. The molecule has 0 saturated heterocycles. The molecular weight excluding hydrogens is 192 g/mol. The van der Waals surface area contributed by atoms with Gasteiger partial charge in [0.1, 0.15) is 6.79 Å². The third kappa shape index (κ3) is 5.92. The molecule has 3 heteroatoms. The third-order valence-corrected chi connectivity index (χ3v) is 2.83. The Morgan fingerprint density at radius 3 is 2.27 bits per heavy atom. The van der Waals surface area contributed by atoms with Crippen LogP contribution in [0.25, 0.3) is 0 Å². The second kappa shape index (κ2) is 6.26. The molecule has 0 radical (unpaired) electrons. The Bertz CT molecular complexity index is 189. The van der Waals surface area contributed by atoms with Crippen molar-refractivity contribution < 1.29 is 14.6 Å². The minimum atomic E-state index is -0.432. The highest BCUT2D eigenvalue weighted by Gasteiger charge is 2.23. The van der Waals surface area contributed by atoms with Crippen LogP contribution >= 0.6 is 0 Å². The summed E-state index contributed by atoms with van der Waals surface area (Å²) in [6.07, 6.45) is 4.51. The molecule has 0 aliphatic heterocycles. The van der Waals surface area contributed by atoms with Crippen LogP contribution < -0.4 is 0 Å². The lowest BCUT2D eigenvalue weighted by molar-refractivity contribution is -0.0882. The molecule has 0 heterocycles. The molecule has 0 spiro atoms. The predicted molar refractivity (Wildman–Crippen MR) is 61.7 cm³/mol. The second-order valence-electron chi connectivity index (χ2n) is 4.61. The fraction of sp³-hybridized carbons (Fsp3) is 0.833. The van der Waals surface area contributed by atoms with E-state index in [2.05, 4.69) is 20.4 Å². The summed E-state index contributed by atoms with van der Waals surface area (Å²) < 4.78 is 10.6. The topological polar surface area (TPSA) is 38.7 Å². The summed E-state index contributed by atoms with van der Waals surface area (Å²) in [4.78, 5) is 0. The van der Waals surface area contributed by atoms with Gasteiger partial charge >= 0.3 is 0 Å². The summed E-state index contributed by atoms with van der Waals surface area (Å²) in [7, 11) is 1.72. The van der Waals surface area contributed by atoms with E-state index in [-0.39, 0.29) is 12.4 Å². The van der Waals surface area contributed by atoms with Crippen molar-refractivity contribution in [2.45, 2.75) is 51.2 Å². The van der Waals surface area contributed by atoms with Gasteiger partial charge in [0, 0.05) is 7.11 Å². The van der Waals surface area contributed by atoms with E-state index in [9.17, 15) is 0 Å². The molecule has 0 amide bonds. The molecule has 0 aromatic carbocycles. The second-order valence-corrected chi connectivity index (χ2v) is 4.61. The lowest BCUT2D eigenvalue weighted by atomic mass is 9.94. The van der Waals surface area contributed by atoms with Crippen LogP contribution in [0.3, 0.4) is 0 Å². The van der Waals surface area contributed by atoms with E-state index < -0.39 is 5.60 Å². The van der Waals surface area contributed by atoms with Crippen molar-refractivity contribution in [2.75, 3.05) is 13.9 Å². The summed E-state index contributed by atoms with van der Waals surface area (Å²) in [6, 6.07) is 0. The number of aliphatic hydroxyl groups excluding tert-OH is 1. The zero-order valence-electron chi connectivity index (χ0n) is 10.4. The molecule has 0 aromatic heterocycles. The highest BCUT2D eigenvalue weighted by molar-refractivity contribution is 4.93. The number of hydrogen-bond acceptors (Lipinski definition) is 3. The molecule has 15 heavy (non-hydrogen) atoms. The Hall–Kier alpha value is -0.380. The van der Waals surface area contributed by atoms with Gasteiger partial charge in [0.2, 0.25) is 0 Å². The minimum absolute atomic E-state index is 0.0959. The quantitative estimate of drug-likeness (QED) is 0.500. The van der Waals surface area contributed by atoms with Gasteiger partial charge in [-0.3, -0.25) is 0 Å². The lowest BCUT2D eigenvalue weighted by Gasteiger charge is -2.28. The molecule has 1 unspecified atom stereocenters. The molecule has 3 nitrogen and oxygen atoms in total. The van der Waals surface area contributed by atoms with Gasteiger partial charge in [-0.25, -0.2) is 0 Å². The van der Waals surface area contributed by atoms with Gasteiger partial charge in [-0.1, -0.05) is 6.08 Å². The van der Waals surface area contributed by atoms with E-state index in [0.29, 0.717) is 0 Å². The van der Waals surface area contributed by atoms with Crippen LogP contribution in [0, 0.1) is 0 Å². The van der Waals surface area contributed by atoms with Gasteiger partial charge in [0.05, 0.1) is 11.2 Å². The first-order chi connectivity index (χ1) is 6.89. The average molecular weight is 216 g/mol. The van der Waals surface area contributed by atoms with Crippen molar-refractivity contribution in [1.82, 2.24) is 0 Å². The van der Waals surface area contributed by atoms with E-state index in [4.69, 9.17) is 14.6 Å². The highest BCUT2D eigenvalue weighted by Crippen LogP contribution is 2.24. The van der Waals surface area contributed by atoms with Crippen LogP contribution in [-0.4, -0.2) is 30.2 Å². The standard InChI is InChI=1S/C12H24O3/c1-6-12(4,15-10-13)9-7-8-11(2,3)14-5/h6,13H,1,7-10H2,2-5H3. The Balaban J connectivity index is 3.97. The van der Waals surface area contributed by atoms with E-state index >= 15 is 0 Å². The molecule has 1 N–H and O–H groups in total. The lowest BCUT2D eigenvalue weighted by Crippen LogP contribution is -2.28. The highest BCUT2D eigenvalue weighted by atomic mass is 16.6. The Morgan fingerprint density at radius 1 is 1.27 bits per heavy atom. The average Bonchev–Trinajstić information content (AvgIpc) is 2.18. The van der Waals surface area contributed by atoms with E-state index in [1.807, 2.05) is 6.92 Å². The number of aliphatic hydroxyl groups is 1. The van der Waals surface area contributed by atoms with Gasteiger partial charge in [-0.05, 0) is 40.0 Å². The third-order valence-electron chi connectivity index (χ3n) is 2.83. The normalized spacial score (nSPS) is 16.1. The maximum absolute atomic E-state index is 8.74. The molecule has 0 aliphatic carbocycles. The summed E-state index contributed by atoms with van der Waals surface area (Å²) in [5, 5.41) is 8.74. The monoisotopic (exact) mass is 216 g/mol. The number of methoxy groups -OCH3 is 1. The van der Waals surface area contributed by atoms with Gasteiger partial charge in [-0.15, -0.1) is 6.58 Å². The van der Waals surface area contributed by atoms with Crippen LogP contribution in [0.5, 0.6) is 0 Å². The summed E-state index contributed by atoms with van der Waals surface area (Å²) in [6.45, 7) is 9.50. The Labute approximate surface area is 93.1 Å². The van der Waals surface area contributed by atoms with Crippen LogP contribution in [-0.2, 0) is 9.47 Å². The van der Waals surface area contributed by atoms with Crippen LogP contribution in [0.1, 0.15) is 40.0 Å². The molecule has 0 fully saturated rings. The maximum Gasteiger partial charge on any atom is 0.144 e. The molecule has 0 saturated carbocycles. The minimum Gasteiger partial charge on any atom is -0.379 e. The Kier molecular flexibility index (Phi) is 6.10. The van der Waals surface area contributed by atoms with Gasteiger partial charge < -0.3 is 14.6 Å². The first kappa shape index (κ1) is 14.6. The van der Waals surface area contributed by atoms with Crippen LogP contribution in [0.4, 0.5) is 0 Å². The molecule has 1 atom stereocenters. The zero-order chi connectivity index (χ0) is 11.9. The molecule has 0 aromatic rings. The molecule has 0 aliphatic rings. The molecule has 0 bridgehead atoms. The van der Waals surface area contributed by atoms with Crippen molar-refractivity contribution in [2.24, 2.45) is 0 Å². The van der Waals surface area contributed by atoms with Gasteiger partial charge in [0.15, 0.2) is 0 Å². The largest absolute Gasteiger partial charge is 0.379 e. The van der Waals surface area contributed by atoms with Crippen LogP contribution in [0.15, 0.2) is 12.7 Å². The van der Waals surface area contributed by atoms with Crippen molar-refractivity contribution in [1.29, 1.82) is 0 Å². The van der Waals surface area contributed by atoms with Crippen molar-refractivity contribution in [3.8, 4) is 0 Å². The number of hydrogen-bond donors (Lipinski definition) is 1. The van der Waals surface area contributed by atoms with Crippen molar-refractivity contribution >= 4 is 0 Å². The Morgan fingerprint density at radius 2 is 1.87 bits per heavy atom. The predicted octanol–water partition coefficient (Wildman–Crippen LogP) is 2.49. The van der Waals surface area contributed by atoms with Gasteiger partial charge in [-0.2, -0.15) is 0 Å². The van der Waals surface area contributed by atoms with E-state index in [1.54, 1.807) is 13.2 Å². The summed E-state index contributed by atoms with van der Waals surface area (Å²) in [5.41, 5.74) is -0.528. The summed E-state index contributed by atoms with van der Waals surface area (Å²) >= 11 is 0. The van der Waals surface area contributed by atoms with Crippen molar-refractivity contribution in [3.05, 3.63) is 12.7 Å². The number of ether oxygens (including phenoxy) is 2. The van der Waals surface area contributed by atoms with E-state index in [0.717, 1.165) is 19.3 Å². The maximum atomic E-state index is 8.74. The molecule has 90 valence electrons. The van der Waals surface area contributed by atoms with Gasteiger partial charge in [0.25, 0.3) is 0 Å².